The van der Waals surface area contributed by atoms with Crippen molar-refractivity contribution >= 4 is 43.5 Å². The van der Waals surface area contributed by atoms with Gasteiger partial charge in [0.05, 0.1) is 11.9 Å². The molecule has 0 aliphatic heterocycles. The van der Waals surface area contributed by atoms with Crippen molar-refractivity contribution in [1.82, 2.24) is 0 Å². The van der Waals surface area contributed by atoms with Crippen molar-refractivity contribution in [3.05, 3.63) is 62.6 Å². The van der Waals surface area contributed by atoms with Gasteiger partial charge in [-0.2, -0.15) is 0 Å². The summed E-state index contributed by atoms with van der Waals surface area (Å²) in [7, 11) is 1.66. The summed E-state index contributed by atoms with van der Waals surface area (Å²) in [6.45, 7) is 2.01. The predicted octanol–water partition coefficient (Wildman–Crippen LogP) is 5.90. The van der Waals surface area contributed by atoms with Gasteiger partial charge in [0.1, 0.15) is 5.75 Å². The summed E-state index contributed by atoms with van der Waals surface area (Å²) in [5.74, 6) is 0.825. The Morgan fingerprint density at radius 1 is 1.16 bits per heavy atom. The van der Waals surface area contributed by atoms with Crippen LogP contribution in [0.2, 0.25) is 5.02 Å². The minimum Gasteiger partial charge on any atom is -0.497 e. The van der Waals surface area contributed by atoms with Crippen LogP contribution in [0.5, 0.6) is 5.75 Å². The molecule has 100 valence electrons. The van der Waals surface area contributed by atoms with Gasteiger partial charge in [-0.05, 0) is 35.7 Å². The molecule has 0 aliphatic carbocycles. The Bertz CT molecular complexity index is 599. The van der Waals surface area contributed by atoms with Crippen molar-refractivity contribution in [3.8, 4) is 5.75 Å². The van der Waals surface area contributed by atoms with Gasteiger partial charge < -0.3 is 4.74 Å². The van der Waals surface area contributed by atoms with Crippen molar-refractivity contribution in [2.45, 2.75) is 11.8 Å². The van der Waals surface area contributed by atoms with E-state index in [1.807, 2.05) is 43.3 Å². The maximum absolute atomic E-state index is 6.38. The van der Waals surface area contributed by atoms with E-state index in [2.05, 4.69) is 31.9 Å². The van der Waals surface area contributed by atoms with Crippen LogP contribution in [0.25, 0.3) is 0 Å². The molecule has 0 amide bonds. The SMILES string of the molecule is COc1ccc(C(Br)c2cccc(C)c2Cl)c(Br)c1. The lowest BCUT2D eigenvalue weighted by atomic mass is 10.0. The maximum atomic E-state index is 6.38. The summed E-state index contributed by atoms with van der Waals surface area (Å²) in [5, 5.41) is 0.798. The summed E-state index contributed by atoms with van der Waals surface area (Å²) in [6, 6.07) is 12.0. The average Bonchev–Trinajstić information content (AvgIpc) is 2.41. The quantitative estimate of drug-likeness (QED) is 0.579. The van der Waals surface area contributed by atoms with Crippen LogP contribution in [-0.2, 0) is 0 Å². The molecule has 0 aliphatic rings. The third kappa shape index (κ3) is 3.15. The van der Waals surface area contributed by atoms with Gasteiger partial charge in [-0.3, -0.25) is 0 Å². The van der Waals surface area contributed by atoms with Gasteiger partial charge in [-0.25, -0.2) is 0 Å². The molecular weight excluding hydrogens is 391 g/mol. The normalized spacial score (nSPS) is 12.3. The van der Waals surface area contributed by atoms with Crippen molar-refractivity contribution < 1.29 is 4.74 Å². The molecule has 0 radical (unpaired) electrons. The Labute approximate surface area is 135 Å². The van der Waals surface area contributed by atoms with Crippen LogP contribution >= 0.6 is 43.5 Å². The van der Waals surface area contributed by atoms with E-state index in [4.69, 9.17) is 16.3 Å². The minimum atomic E-state index is 0.0418. The molecule has 1 unspecified atom stereocenters. The summed E-state index contributed by atoms with van der Waals surface area (Å²) in [4.78, 5) is 0.0418. The molecule has 0 aromatic heterocycles. The average molecular weight is 405 g/mol. The number of aryl methyl sites for hydroxylation is 1. The molecule has 0 spiro atoms. The molecule has 2 aromatic rings. The first kappa shape index (κ1) is 14.9. The maximum Gasteiger partial charge on any atom is 0.120 e. The molecule has 0 saturated carbocycles. The summed E-state index contributed by atoms with van der Waals surface area (Å²) in [5.41, 5.74) is 3.26. The zero-order valence-corrected chi connectivity index (χ0v) is 14.5. The number of methoxy groups -OCH3 is 1. The molecule has 0 fully saturated rings. The molecule has 0 N–H and O–H groups in total. The lowest BCUT2D eigenvalue weighted by Crippen LogP contribution is -1.97. The van der Waals surface area contributed by atoms with Gasteiger partial charge in [0, 0.05) is 9.50 Å². The van der Waals surface area contributed by atoms with Crippen molar-refractivity contribution in [2.75, 3.05) is 7.11 Å². The van der Waals surface area contributed by atoms with Gasteiger partial charge in [0.15, 0.2) is 0 Å². The van der Waals surface area contributed by atoms with Crippen LogP contribution in [0.15, 0.2) is 40.9 Å². The Hall–Kier alpha value is -0.510. The number of hydrogen-bond donors (Lipinski definition) is 0. The van der Waals surface area contributed by atoms with E-state index >= 15 is 0 Å². The Balaban J connectivity index is 2.44. The zero-order valence-electron chi connectivity index (χ0n) is 10.6. The standard InChI is InChI=1S/C15H13Br2ClO/c1-9-4-3-5-12(15(9)18)14(17)11-7-6-10(19-2)8-13(11)16/h3-8,14H,1-2H3. The molecule has 0 heterocycles. The van der Waals surface area contributed by atoms with Crippen LogP contribution in [0.4, 0.5) is 0 Å². The van der Waals surface area contributed by atoms with E-state index in [-0.39, 0.29) is 4.83 Å². The fraction of sp³-hybridized carbons (Fsp3) is 0.200. The second-order valence-electron chi connectivity index (χ2n) is 4.23. The molecule has 1 nitrogen and oxygen atoms in total. The van der Waals surface area contributed by atoms with E-state index in [9.17, 15) is 0 Å². The predicted molar refractivity (Wildman–Crippen MR) is 87.7 cm³/mol. The van der Waals surface area contributed by atoms with Crippen LogP contribution in [-0.4, -0.2) is 7.11 Å². The van der Waals surface area contributed by atoms with Crippen molar-refractivity contribution in [3.63, 3.8) is 0 Å². The molecule has 1 atom stereocenters. The second-order valence-corrected chi connectivity index (χ2v) is 6.38. The zero-order chi connectivity index (χ0) is 14.0. The van der Waals surface area contributed by atoms with E-state index in [0.717, 1.165) is 31.9 Å². The van der Waals surface area contributed by atoms with Gasteiger partial charge >= 0.3 is 0 Å². The summed E-state index contributed by atoms with van der Waals surface area (Å²) >= 11 is 13.7. The lowest BCUT2D eigenvalue weighted by Gasteiger charge is -2.16. The number of benzene rings is 2. The highest BCUT2D eigenvalue weighted by atomic mass is 79.9. The highest BCUT2D eigenvalue weighted by Crippen LogP contribution is 2.40. The van der Waals surface area contributed by atoms with Crippen LogP contribution in [0.3, 0.4) is 0 Å². The fourth-order valence-electron chi connectivity index (χ4n) is 1.87. The van der Waals surface area contributed by atoms with Crippen LogP contribution in [0, 0.1) is 6.92 Å². The largest absolute Gasteiger partial charge is 0.497 e. The highest BCUT2D eigenvalue weighted by molar-refractivity contribution is 9.11. The van der Waals surface area contributed by atoms with E-state index in [0.29, 0.717) is 0 Å². The molecule has 0 saturated heterocycles. The molecule has 0 bridgehead atoms. The van der Waals surface area contributed by atoms with Crippen LogP contribution < -0.4 is 4.74 Å². The number of halogens is 3. The van der Waals surface area contributed by atoms with Crippen molar-refractivity contribution in [1.29, 1.82) is 0 Å². The van der Waals surface area contributed by atoms with Crippen LogP contribution in [0.1, 0.15) is 21.5 Å². The topological polar surface area (TPSA) is 9.23 Å². The van der Waals surface area contributed by atoms with Crippen molar-refractivity contribution in [2.24, 2.45) is 0 Å². The first-order valence-corrected chi connectivity index (χ1v) is 7.85. The highest BCUT2D eigenvalue weighted by Gasteiger charge is 2.17. The summed E-state index contributed by atoms with van der Waals surface area (Å²) < 4.78 is 6.20. The molecule has 2 aromatic carbocycles. The van der Waals surface area contributed by atoms with E-state index < -0.39 is 0 Å². The fourth-order valence-corrected chi connectivity index (χ4v) is 3.92. The smallest absolute Gasteiger partial charge is 0.120 e. The second kappa shape index (κ2) is 6.29. The van der Waals surface area contributed by atoms with E-state index in [1.54, 1.807) is 7.11 Å². The third-order valence-electron chi connectivity index (χ3n) is 2.98. The monoisotopic (exact) mass is 402 g/mol. The van der Waals surface area contributed by atoms with Gasteiger partial charge in [-0.15, -0.1) is 0 Å². The first-order valence-electron chi connectivity index (χ1n) is 5.77. The Kier molecular flexibility index (Phi) is 4.93. The lowest BCUT2D eigenvalue weighted by molar-refractivity contribution is 0.414. The number of rotatable bonds is 3. The van der Waals surface area contributed by atoms with Gasteiger partial charge in [-0.1, -0.05) is 67.7 Å². The molecule has 19 heavy (non-hydrogen) atoms. The Morgan fingerprint density at radius 3 is 2.53 bits per heavy atom. The summed E-state index contributed by atoms with van der Waals surface area (Å²) in [6.07, 6.45) is 0. The van der Waals surface area contributed by atoms with Gasteiger partial charge in [0.2, 0.25) is 0 Å². The molecular formula is C15H13Br2ClO. The number of alkyl halides is 1. The minimum absolute atomic E-state index is 0.0418. The first-order chi connectivity index (χ1) is 9.04. The number of ether oxygens (including phenoxy) is 1. The number of hydrogen-bond acceptors (Lipinski definition) is 1. The molecule has 2 rings (SSSR count). The molecule has 4 heteroatoms. The Morgan fingerprint density at radius 2 is 1.89 bits per heavy atom. The van der Waals surface area contributed by atoms with Gasteiger partial charge in [0.25, 0.3) is 0 Å². The third-order valence-corrected chi connectivity index (χ3v) is 5.16. The van der Waals surface area contributed by atoms with E-state index in [1.165, 1.54) is 0 Å².